The third-order valence-corrected chi connectivity index (χ3v) is 4.32. The highest BCUT2D eigenvalue weighted by Crippen LogP contribution is 2.25. The summed E-state index contributed by atoms with van der Waals surface area (Å²) in [6.07, 6.45) is 0.716. The molecule has 1 heterocycles. The van der Waals surface area contributed by atoms with Gasteiger partial charge >= 0.3 is 0 Å². The van der Waals surface area contributed by atoms with Gasteiger partial charge in [-0.15, -0.1) is 12.4 Å². The summed E-state index contributed by atoms with van der Waals surface area (Å²) in [7, 11) is 1.83. The van der Waals surface area contributed by atoms with Gasteiger partial charge in [0.1, 0.15) is 6.04 Å². The first kappa shape index (κ1) is 20.2. The van der Waals surface area contributed by atoms with Gasteiger partial charge in [0.05, 0.1) is 0 Å². The number of hydrazine groups is 1. The number of nitrogens with one attached hydrogen (secondary N) is 2. The Morgan fingerprint density at radius 1 is 1.35 bits per heavy atom. The van der Waals surface area contributed by atoms with Crippen molar-refractivity contribution in [2.24, 2.45) is 11.1 Å². The highest BCUT2D eigenvalue weighted by atomic mass is 35.5. The SMILES string of the molecule is CN(CC(C)(C)CN)C(=O)C1CC(c2ccc(Cl)cc2)NN1.Cl. The molecule has 0 bridgehead atoms. The van der Waals surface area contributed by atoms with Crippen LogP contribution >= 0.6 is 24.0 Å². The molecule has 23 heavy (non-hydrogen) atoms. The van der Waals surface area contributed by atoms with E-state index >= 15 is 0 Å². The molecule has 1 aliphatic heterocycles. The number of benzene rings is 1. The van der Waals surface area contributed by atoms with Crippen molar-refractivity contribution in [1.29, 1.82) is 0 Å². The molecule has 0 aliphatic carbocycles. The lowest BCUT2D eigenvalue weighted by Gasteiger charge is -2.30. The summed E-state index contributed by atoms with van der Waals surface area (Å²) in [6.45, 7) is 5.32. The Kier molecular flexibility index (Phi) is 7.29. The molecule has 1 aromatic rings. The van der Waals surface area contributed by atoms with E-state index < -0.39 is 0 Å². The van der Waals surface area contributed by atoms with Crippen LogP contribution in [0.25, 0.3) is 0 Å². The van der Waals surface area contributed by atoms with Crippen molar-refractivity contribution < 1.29 is 4.79 Å². The van der Waals surface area contributed by atoms with E-state index in [1.165, 1.54) is 0 Å². The van der Waals surface area contributed by atoms with Crippen molar-refractivity contribution >= 4 is 29.9 Å². The third kappa shape index (κ3) is 5.33. The maximum atomic E-state index is 12.5. The van der Waals surface area contributed by atoms with Crippen molar-refractivity contribution in [3.63, 3.8) is 0 Å². The highest BCUT2D eigenvalue weighted by molar-refractivity contribution is 6.30. The van der Waals surface area contributed by atoms with Crippen molar-refractivity contribution in [3.05, 3.63) is 34.9 Å². The zero-order valence-electron chi connectivity index (χ0n) is 13.8. The fourth-order valence-corrected chi connectivity index (χ4v) is 2.81. The lowest BCUT2D eigenvalue weighted by atomic mass is 9.93. The van der Waals surface area contributed by atoms with Gasteiger partial charge in [0.25, 0.3) is 0 Å². The number of amides is 1. The molecular weight excluding hydrogens is 335 g/mol. The zero-order valence-corrected chi connectivity index (χ0v) is 15.4. The van der Waals surface area contributed by atoms with E-state index in [-0.39, 0.29) is 35.8 Å². The summed E-state index contributed by atoms with van der Waals surface area (Å²) in [6, 6.07) is 7.58. The molecule has 2 rings (SSSR count). The molecule has 2 unspecified atom stereocenters. The number of nitrogens with zero attached hydrogens (tertiary/aromatic N) is 1. The molecule has 1 fully saturated rings. The van der Waals surface area contributed by atoms with Gasteiger partial charge in [-0.05, 0) is 36.1 Å². The quantitative estimate of drug-likeness (QED) is 0.751. The second kappa shape index (κ2) is 8.31. The van der Waals surface area contributed by atoms with Crippen LogP contribution in [0.4, 0.5) is 0 Å². The van der Waals surface area contributed by atoms with E-state index in [4.69, 9.17) is 17.3 Å². The summed E-state index contributed by atoms with van der Waals surface area (Å²) in [5, 5.41) is 0.714. The number of carbonyl (C=O) groups excluding carboxylic acids is 1. The molecule has 1 saturated heterocycles. The van der Waals surface area contributed by atoms with Gasteiger partial charge in [0.15, 0.2) is 0 Å². The molecule has 2 atom stereocenters. The van der Waals surface area contributed by atoms with Gasteiger partial charge in [-0.1, -0.05) is 37.6 Å². The minimum atomic E-state index is -0.223. The number of rotatable bonds is 5. The first-order valence-electron chi connectivity index (χ1n) is 7.54. The molecule has 130 valence electrons. The van der Waals surface area contributed by atoms with Gasteiger partial charge in [-0.25, -0.2) is 10.9 Å². The lowest BCUT2D eigenvalue weighted by molar-refractivity contribution is -0.133. The maximum Gasteiger partial charge on any atom is 0.240 e. The monoisotopic (exact) mass is 360 g/mol. The van der Waals surface area contributed by atoms with Crippen LogP contribution in [-0.4, -0.2) is 37.0 Å². The Balaban J connectivity index is 0.00000264. The lowest BCUT2D eigenvalue weighted by Crippen LogP contribution is -2.47. The number of hydrogen-bond acceptors (Lipinski definition) is 4. The van der Waals surface area contributed by atoms with Crippen LogP contribution in [0.15, 0.2) is 24.3 Å². The molecule has 0 aromatic heterocycles. The van der Waals surface area contributed by atoms with Crippen LogP contribution in [0.5, 0.6) is 0 Å². The number of halogens is 2. The van der Waals surface area contributed by atoms with E-state index in [0.717, 1.165) is 5.56 Å². The maximum absolute atomic E-state index is 12.5. The van der Waals surface area contributed by atoms with E-state index in [1.807, 2.05) is 31.3 Å². The van der Waals surface area contributed by atoms with Crippen LogP contribution in [0.1, 0.15) is 31.9 Å². The predicted octanol–water partition coefficient (Wildman–Crippen LogP) is 2.11. The fourth-order valence-electron chi connectivity index (χ4n) is 2.68. The van der Waals surface area contributed by atoms with Gasteiger partial charge < -0.3 is 10.6 Å². The highest BCUT2D eigenvalue weighted by Gasteiger charge is 2.33. The minimum absolute atomic E-state index is 0. The van der Waals surface area contributed by atoms with Crippen molar-refractivity contribution in [1.82, 2.24) is 15.8 Å². The Morgan fingerprint density at radius 2 is 1.96 bits per heavy atom. The van der Waals surface area contributed by atoms with Gasteiger partial charge in [0.2, 0.25) is 5.91 Å². The van der Waals surface area contributed by atoms with E-state index in [1.54, 1.807) is 4.90 Å². The number of nitrogens with two attached hydrogens (primary N) is 1. The van der Waals surface area contributed by atoms with Crippen molar-refractivity contribution in [3.8, 4) is 0 Å². The zero-order chi connectivity index (χ0) is 16.3. The standard InChI is InChI=1S/C16H25ClN4O.ClH/c1-16(2,9-18)10-21(3)15(22)14-8-13(19-20-14)11-4-6-12(17)7-5-11;/h4-7,13-14,19-20H,8-10,18H2,1-3H3;1H. The van der Waals surface area contributed by atoms with Gasteiger partial charge in [0, 0.05) is 24.7 Å². The van der Waals surface area contributed by atoms with Gasteiger partial charge in [-0.2, -0.15) is 0 Å². The second-order valence-corrected chi connectivity index (χ2v) is 7.18. The summed E-state index contributed by atoms with van der Waals surface area (Å²) < 4.78 is 0. The molecule has 7 heteroatoms. The Bertz CT molecular complexity index is 521. The van der Waals surface area contributed by atoms with E-state index in [9.17, 15) is 4.79 Å². The molecule has 5 nitrogen and oxygen atoms in total. The van der Waals surface area contributed by atoms with Crippen LogP contribution in [-0.2, 0) is 4.79 Å². The summed E-state index contributed by atoms with van der Waals surface area (Å²) in [5.74, 6) is 0.0884. The Morgan fingerprint density at radius 3 is 2.52 bits per heavy atom. The fraction of sp³-hybridized carbons (Fsp3) is 0.562. The third-order valence-electron chi connectivity index (χ3n) is 4.07. The van der Waals surface area contributed by atoms with Crippen LogP contribution in [0, 0.1) is 5.41 Å². The average molecular weight is 361 g/mol. The Labute approximate surface area is 149 Å². The summed E-state index contributed by atoms with van der Waals surface area (Å²) >= 11 is 5.91. The van der Waals surface area contributed by atoms with E-state index in [0.29, 0.717) is 24.5 Å². The van der Waals surface area contributed by atoms with Gasteiger partial charge in [-0.3, -0.25) is 4.79 Å². The van der Waals surface area contributed by atoms with Crippen molar-refractivity contribution in [2.75, 3.05) is 20.1 Å². The summed E-state index contributed by atoms with van der Waals surface area (Å²) in [4.78, 5) is 14.3. The Hall–Kier alpha value is -0.850. The average Bonchev–Trinajstić information content (AvgIpc) is 2.96. The minimum Gasteiger partial charge on any atom is -0.344 e. The topological polar surface area (TPSA) is 70.4 Å². The normalized spacial score (nSPS) is 20.9. The molecule has 0 spiro atoms. The summed E-state index contributed by atoms with van der Waals surface area (Å²) in [5.41, 5.74) is 13.1. The molecule has 4 N–H and O–H groups in total. The van der Waals surface area contributed by atoms with Crippen LogP contribution in [0.3, 0.4) is 0 Å². The van der Waals surface area contributed by atoms with E-state index in [2.05, 4.69) is 24.7 Å². The first-order chi connectivity index (χ1) is 10.3. The molecule has 1 aromatic carbocycles. The molecule has 1 aliphatic rings. The number of likely N-dealkylation sites (N-methyl/N-ethyl adjacent to an activating group) is 1. The number of hydrogen-bond donors (Lipinski definition) is 3. The molecule has 1 amide bonds. The second-order valence-electron chi connectivity index (χ2n) is 6.74. The predicted molar refractivity (Wildman–Crippen MR) is 96.6 cm³/mol. The molecule has 0 radical (unpaired) electrons. The largest absolute Gasteiger partial charge is 0.344 e. The van der Waals surface area contributed by atoms with Crippen LogP contribution < -0.4 is 16.6 Å². The smallest absolute Gasteiger partial charge is 0.240 e. The molecule has 0 saturated carbocycles. The first-order valence-corrected chi connectivity index (χ1v) is 7.92. The van der Waals surface area contributed by atoms with Crippen molar-refractivity contribution in [2.45, 2.75) is 32.4 Å². The number of carbonyl (C=O) groups is 1. The molecular formula is C16H26Cl2N4O. The van der Waals surface area contributed by atoms with Crippen LogP contribution in [0.2, 0.25) is 5.02 Å².